The SMILES string of the molecule is C[C@@H]1CCN(C(=O)C2CCC(C(N)=O)CC2)[C@H]2CCCC[C@@H]12. The predicted molar refractivity (Wildman–Crippen MR) is 85.9 cm³/mol. The lowest BCUT2D eigenvalue weighted by Gasteiger charge is -2.48. The number of hydrogen-bond acceptors (Lipinski definition) is 2. The van der Waals surface area contributed by atoms with Gasteiger partial charge in [-0.2, -0.15) is 0 Å². The maximum absolute atomic E-state index is 13.0. The molecule has 1 aliphatic heterocycles. The van der Waals surface area contributed by atoms with E-state index in [1.54, 1.807) is 0 Å². The molecule has 4 heteroatoms. The van der Waals surface area contributed by atoms with E-state index in [1.165, 1.54) is 25.7 Å². The first-order valence-corrected chi connectivity index (χ1v) is 9.17. The molecular formula is C18H30N2O2. The first-order valence-electron chi connectivity index (χ1n) is 9.17. The maximum Gasteiger partial charge on any atom is 0.225 e. The molecule has 2 saturated carbocycles. The van der Waals surface area contributed by atoms with Gasteiger partial charge in [0.05, 0.1) is 0 Å². The molecule has 4 nitrogen and oxygen atoms in total. The molecule has 1 saturated heterocycles. The molecule has 0 aromatic carbocycles. The Kier molecular flexibility index (Phi) is 4.74. The minimum absolute atomic E-state index is 0.00661. The van der Waals surface area contributed by atoms with E-state index in [0.717, 1.165) is 44.6 Å². The Morgan fingerprint density at radius 1 is 0.909 bits per heavy atom. The van der Waals surface area contributed by atoms with Gasteiger partial charge in [-0.05, 0) is 56.8 Å². The lowest BCUT2D eigenvalue weighted by molar-refractivity contribution is -0.145. The number of hydrogen-bond donors (Lipinski definition) is 1. The summed E-state index contributed by atoms with van der Waals surface area (Å²) in [6, 6.07) is 0.485. The summed E-state index contributed by atoms with van der Waals surface area (Å²) in [7, 11) is 0. The van der Waals surface area contributed by atoms with Gasteiger partial charge in [0.15, 0.2) is 0 Å². The fourth-order valence-corrected chi connectivity index (χ4v) is 5.05. The van der Waals surface area contributed by atoms with Crippen LogP contribution in [0.2, 0.25) is 0 Å². The maximum atomic E-state index is 13.0. The topological polar surface area (TPSA) is 63.4 Å². The summed E-state index contributed by atoms with van der Waals surface area (Å²) < 4.78 is 0. The zero-order valence-electron chi connectivity index (χ0n) is 13.8. The number of carbonyl (C=O) groups is 2. The van der Waals surface area contributed by atoms with Crippen LogP contribution < -0.4 is 5.73 Å². The molecule has 3 atom stereocenters. The van der Waals surface area contributed by atoms with Crippen molar-refractivity contribution in [2.24, 2.45) is 29.4 Å². The van der Waals surface area contributed by atoms with Gasteiger partial charge in [0.25, 0.3) is 0 Å². The van der Waals surface area contributed by atoms with Crippen LogP contribution in [0.3, 0.4) is 0 Å². The fraction of sp³-hybridized carbons (Fsp3) is 0.889. The highest BCUT2D eigenvalue weighted by molar-refractivity contribution is 5.81. The summed E-state index contributed by atoms with van der Waals surface area (Å²) >= 11 is 0. The number of rotatable bonds is 2. The van der Waals surface area contributed by atoms with E-state index in [4.69, 9.17) is 5.73 Å². The molecule has 0 bridgehead atoms. The first-order chi connectivity index (χ1) is 10.6. The number of piperidine rings is 1. The van der Waals surface area contributed by atoms with Gasteiger partial charge in [-0.3, -0.25) is 9.59 Å². The Bertz CT molecular complexity index is 429. The van der Waals surface area contributed by atoms with Gasteiger partial charge >= 0.3 is 0 Å². The number of nitrogens with two attached hydrogens (primary N) is 1. The molecule has 3 aliphatic rings. The van der Waals surface area contributed by atoms with Crippen LogP contribution in [0.4, 0.5) is 0 Å². The number of carbonyl (C=O) groups excluding carboxylic acids is 2. The first kappa shape index (κ1) is 15.8. The van der Waals surface area contributed by atoms with Gasteiger partial charge in [0.2, 0.25) is 11.8 Å². The van der Waals surface area contributed by atoms with Gasteiger partial charge in [-0.25, -0.2) is 0 Å². The summed E-state index contributed by atoms with van der Waals surface area (Å²) in [6.07, 6.45) is 9.52. The molecule has 0 unspecified atom stereocenters. The van der Waals surface area contributed by atoms with E-state index < -0.39 is 0 Å². The number of nitrogens with zero attached hydrogens (tertiary/aromatic N) is 1. The Hall–Kier alpha value is -1.06. The zero-order chi connectivity index (χ0) is 15.7. The summed E-state index contributed by atoms with van der Waals surface area (Å²) in [5.41, 5.74) is 5.40. The Balaban J connectivity index is 1.63. The molecule has 0 radical (unpaired) electrons. The fourth-order valence-electron chi connectivity index (χ4n) is 5.05. The van der Waals surface area contributed by atoms with Crippen LogP contribution >= 0.6 is 0 Å². The van der Waals surface area contributed by atoms with E-state index in [1.807, 2.05) is 0 Å². The van der Waals surface area contributed by atoms with Crippen molar-refractivity contribution in [3.63, 3.8) is 0 Å². The van der Waals surface area contributed by atoms with E-state index in [-0.39, 0.29) is 17.7 Å². The molecule has 2 N–H and O–H groups in total. The van der Waals surface area contributed by atoms with Crippen LogP contribution in [0, 0.1) is 23.7 Å². The van der Waals surface area contributed by atoms with E-state index >= 15 is 0 Å². The van der Waals surface area contributed by atoms with Crippen molar-refractivity contribution >= 4 is 11.8 Å². The van der Waals surface area contributed by atoms with Gasteiger partial charge < -0.3 is 10.6 Å². The van der Waals surface area contributed by atoms with Gasteiger partial charge in [0, 0.05) is 24.4 Å². The van der Waals surface area contributed by atoms with Crippen LogP contribution in [-0.2, 0) is 9.59 Å². The third kappa shape index (κ3) is 3.02. The van der Waals surface area contributed by atoms with Crippen molar-refractivity contribution in [3.8, 4) is 0 Å². The van der Waals surface area contributed by atoms with Gasteiger partial charge in [0.1, 0.15) is 0 Å². The minimum Gasteiger partial charge on any atom is -0.369 e. The lowest BCUT2D eigenvalue weighted by Crippen LogP contribution is -2.54. The molecule has 22 heavy (non-hydrogen) atoms. The van der Waals surface area contributed by atoms with Crippen molar-refractivity contribution in [1.82, 2.24) is 4.90 Å². The van der Waals surface area contributed by atoms with Crippen molar-refractivity contribution < 1.29 is 9.59 Å². The zero-order valence-corrected chi connectivity index (χ0v) is 13.8. The molecule has 2 amide bonds. The van der Waals surface area contributed by atoms with Crippen LogP contribution in [-0.4, -0.2) is 29.3 Å². The van der Waals surface area contributed by atoms with E-state index in [9.17, 15) is 9.59 Å². The summed E-state index contributed by atoms with van der Waals surface area (Å²) in [5, 5.41) is 0. The summed E-state index contributed by atoms with van der Waals surface area (Å²) in [6.45, 7) is 3.31. The van der Waals surface area contributed by atoms with Crippen molar-refractivity contribution in [3.05, 3.63) is 0 Å². The second kappa shape index (κ2) is 6.59. The van der Waals surface area contributed by atoms with Gasteiger partial charge in [-0.1, -0.05) is 19.8 Å². The quantitative estimate of drug-likeness (QED) is 0.852. The number of amides is 2. The standard InChI is InChI=1S/C18H30N2O2/c1-12-10-11-20(16-5-3-2-4-15(12)16)18(22)14-8-6-13(7-9-14)17(19)21/h12-16H,2-11H2,1H3,(H2,19,21)/t12-,13?,14?,15+,16+/m1/s1. The predicted octanol–water partition coefficient (Wildman–Crippen LogP) is 2.71. The highest BCUT2D eigenvalue weighted by Gasteiger charge is 2.41. The Morgan fingerprint density at radius 2 is 1.55 bits per heavy atom. The largest absolute Gasteiger partial charge is 0.369 e. The van der Waals surface area contributed by atoms with Crippen molar-refractivity contribution in [2.75, 3.05) is 6.54 Å². The molecular weight excluding hydrogens is 276 g/mol. The lowest BCUT2D eigenvalue weighted by atomic mass is 9.72. The number of primary amides is 1. The minimum atomic E-state index is -0.190. The second-order valence-corrected chi connectivity index (χ2v) is 7.76. The summed E-state index contributed by atoms with van der Waals surface area (Å²) in [5.74, 6) is 1.78. The average Bonchev–Trinajstić information content (AvgIpc) is 2.55. The van der Waals surface area contributed by atoms with Crippen molar-refractivity contribution in [2.45, 2.75) is 70.8 Å². The monoisotopic (exact) mass is 306 g/mol. The van der Waals surface area contributed by atoms with Crippen LogP contribution in [0.1, 0.15) is 64.7 Å². The highest BCUT2D eigenvalue weighted by Crippen LogP contribution is 2.40. The average molecular weight is 306 g/mol. The highest BCUT2D eigenvalue weighted by atomic mass is 16.2. The van der Waals surface area contributed by atoms with Crippen LogP contribution in [0.15, 0.2) is 0 Å². The Morgan fingerprint density at radius 3 is 2.23 bits per heavy atom. The van der Waals surface area contributed by atoms with Crippen LogP contribution in [0.5, 0.6) is 0 Å². The molecule has 0 aromatic rings. The van der Waals surface area contributed by atoms with E-state index in [2.05, 4.69) is 11.8 Å². The Labute approximate surface area is 133 Å². The summed E-state index contributed by atoms with van der Waals surface area (Å²) in [4.78, 5) is 26.5. The normalized spacial score (nSPS) is 39.1. The molecule has 1 heterocycles. The smallest absolute Gasteiger partial charge is 0.225 e. The molecule has 2 aliphatic carbocycles. The second-order valence-electron chi connectivity index (χ2n) is 7.76. The molecule has 0 aromatic heterocycles. The van der Waals surface area contributed by atoms with Crippen LogP contribution in [0.25, 0.3) is 0 Å². The van der Waals surface area contributed by atoms with E-state index in [0.29, 0.717) is 17.9 Å². The third-order valence-electron chi connectivity index (χ3n) is 6.50. The number of fused-ring (bicyclic) bond motifs is 1. The molecule has 3 rings (SSSR count). The molecule has 0 spiro atoms. The van der Waals surface area contributed by atoms with Crippen molar-refractivity contribution in [1.29, 1.82) is 0 Å². The number of likely N-dealkylation sites (tertiary alicyclic amines) is 1. The molecule has 3 fully saturated rings. The van der Waals surface area contributed by atoms with Gasteiger partial charge in [-0.15, -0.1) is 0 Å². The third-order valence-corrected chi connectivity index (χ3v) is 6.50. The molecule has 124 valence electrons.